The van der Waals surface area contributed by atoms with Gasteiger partial charge < -0.3 is 4.90 Å². The third kappa shape index (κ3) is 4.64. The van der Waals surface area contributed by atoms with Gasteiger partial charge in [0.2, 0.25) is 5.91 Å². The summed E-state index contributed by atoms with van der Waals surface area (Å²) in [6, 6.07) is 7.66. The molecule has 8 heteroatoms. The Labute approximate surface area is 188 Å². The third-order valence-corrected chi connectivity index (χ3v) is 6.48. The molecule has 3 rings (SSSR count). The molecule has 2 aromatic rings. The molecule has 1 amide bonds. The molecule has 1 aliphatic rings. The van der Waals surface area contributed by atoms with Crippen LogP contribution in [0.25, 0.3) is 5.69 Å². The fraction of sp³-hybridized carbons (Fsp3) is 0.500. The Bertz CT molecular complexity index is 971. The van der Waals surface area contributed by atoms with E-state index in [9.17, 15) is 10.1 Å². The van der Waals surface area contributed by atoms with Crippen molar-refractivity contribution in [3.05, 3.63) is 45.2 Å². The Balaban J connectivity index is 1.70. The van der Waals surface area contributed by atoms with Crippen LogP contribution in [-0.4, -0.2) is 57.7 Å². The fourth-order valence-electron chi connectivity index (χ4n) is 3.96. The van der Waals surface area contributed by atoms with E-state index in [1.54, 1.807) is 16.8 Å². The van der Waals surface area contributed by atoms with E-state index in [0.717, 1.165) is 35.7 Å². The van der Waals surface area contributed by atoms with Crippen LogP contribution in [0.3, 0.4) is 0 Å². The van der Waals surface area contributed by atoms with Gasteiger partial charge in [-0.3, -0.25) is 9.69 Å². The van der Waals surface area contributed by atoms with Crippen LogP contribution in [0.1, 0.15) is 30.8 Å². The number of aryl methyl sites for hydroxylation is 1. The summed E-state index contributed by atoms with van der Waals surface area (Å²) in [6.07, 6.45) is 0.310. The van der Waals surface area contributed by atoms with Crippen molar-refractivity contribution in [1.29, 1.82) is 5.26 Å². The van der Waals surface area contributed by atoms with Crippen LogP contribution in [0.4, 0.5) is 0 Å². The van der Waals surface area contributed by atoms with E-state index in [1.807, 2.05) is 24.8 Å². The molecule has 1 aromatic heterocycles. The summed E-state index contributed by atoms with van der Waals surface area (Å²) in [4.78, 5) is 17.0. The molecule has 0 aliphatic carbocycles. The molecule has 1 saturated heterocycles. The van der Waals surface area contributed by atoms with Gasteiger partial charge in [-0.05, 0) is 38.0 Å². The number of hydrogen-bond acceptors (Lipinski definition) is 4. The number of piperazine rings is 1. The van der Waals surface area contributed by atoms with Gasteiger partial charge in [0, 0.05) is 37.4 Å². The molecule has 30 heavy (non-hydrogen) atoms. The molecule has 160 valence electrons. The molecule has 1 atom stereocenters. The average Bonchev–Trinajstić information content (AvgIpc) is 2.99. The fourth-order valence-corrected chi connectivity index (χ4v) is 4.26. The maximum Gasteiger partial charge on any atom is 0.227 e. The van der Waals surface area contributed by atoms with Crippen molar-refractivity contribution in [3.8, 4) is 11.8 Å². The Kier molecular flexibility index (Phi) is 7.07. The number of hydrogen-bond donors (Lipinski definition) is 0. The predicted molar refractivity (Wildman–Crippen MR) is 119 cm³/mol. The summed E-state index contributed by atoms with van der Waals surface area (Å²) in [5.74, 6) is 0.363. The standard InChI is InChI=1S/C22H27Cl2N5O/c1-14(2)21(13-25)27-7-9-28(10-8-27)22(30)12-18-15(3)26-29(16(18)4)17-5-6-19(23)20(24)11-17/h5-6,11,14,21H,7-10,12H2,1-4H3. The SMILES string of the molecule is Cc1nn(-c2ccc(Cl)c(Cl)c2)c(C)c1CC(=O)N1CCN(C(C#N)C(C)C)CC1. The highest BCUT2D eigenvalue weighted by molar-refractivity contribution is 6.42. The molecule has 0 radical (unpaired) electrons. The van der Waals surface area contributed by atoms with Gasteiger partial charge in [-0.1, -0.05) is 37.0 Å². The molecule has 0 spiro atoms. The minimum absolute atomic E-state index is 0.0904. The Morgan fingerprint density at radius 2 is 1.83 bits per heavy atom. The van der Waals surface area contributed by atoms with E-state index >= 15 is 0 Å². The molecule has 0 bridgehead atoms. The lowest BCUT2D eigenvalue weighted by Crippen LogP contribution is -2.53. The molecular formula is C22H27Cl2N5O. The van der Waals surface area contributed by atoms with Gasteiger partial charge in [-0.25, -0.2) is 4.68 Å². The second-order valence-electron chi connectivity index (χ2n) is 8.07. The topological polar surface area (TPSA) is 65.2 Å². The molecule has 2 heterocycles. The van der Waals surface area contributed by atoms with Gasteiger partial charge in [0.1, 0.15) is 6.04 Å². The number of halogens is 2. The van der Waals surface area contributed by atoms with Gasteiger partial charge >= 0.3 is 0 Å². The first-order valence-electron chi connectivity index (χ1n) is 10.1. The highest BCUT2D eigenvalue weighted by Gasteiger charge is 2.28. The van der Waals surface area contributed by atoms with Crippen LogP contribution >= 0.6 is 23.2 Å². The van der Waals surface area contributed by atoms with Gasteiger partial charge in [0.25, 0.3) is 0 Å². The summed E-state index contributed by atoms with van der Waals surface area (Å²) in [5.41, 5.74) is 3.50. The molecular weight excluding hydrogens is 421 g/mol. The van der Waals surface area contributed by atoms with Gasteiger partial charge in [0.15, 0.2) is 0 Å². The van der Waals surface area contributed by atoms with E-state index in [1.165, 1.54) is 0 Å². The number of carbonyl (C=O) groups is 1. The zero-order valence-corrected chi connectivity index (χ0v) is 19.3. The van der Waals surface area contributed by atoms with E-state index in [2.05, 4.69) is 29.9 Å². The van der Waals surface area contributed by atoms with Crippen molar-refractivity contribution in [2.45, 2.75) is 40.2 Å². The predicted octanol–water partition coefficient (Wildman–Crippen LogP) is 4.03. The zero-order chi connectivity index (χ0) is 22.0. The first-order valence-corrected chi connectivity index (χ1v) is 10.9. The van der Waals surface area contributed by atoms with Crippen molar-refractivity contribution in [2.75, 3.05) is 26.2 Å². The van der Waals surface area contributed by atoms with Crippen molar-refractivity contribution in [3.63, 3.8) is 0 Å². The molecule has 0 N–H and O–H groups in total. The normalized spacial score (nSPS) is 16.0. The highest BCUT2D eigenvalue weighted by atomic mass is 35.5. The van der Waals surface area contributed by atoms with E-state index in [0.29, 0.717) is 29.6 Å². The zero-order valence-electron chi connectivity index (χ0n) is 17.8. The molecule has 0 saturated carbocycles. The largest absolute Gasteiger partial charge is 0.340 e. The lowest BCUT2D eigenvalue weighted by Gasteiger charge is -2.38. The number of amides is 1. The lowest BCUT2D eigenvalue weighted by molar-refractivity contribution is -0.132. The van der Waals surface area contributed by atoms with Crippen LogP contribution in [0.5, 0.6) is 0 Å². The molecule has 1 unspecified atom stereocenters. The number of benzene rings is 1. The second kappa shape index (κ2) is 9.38. The van der Waals surface area contributed by atoms with E-state index in [4.69, 9.17) is 23.2 Å². The van der Waals surface area contributed by atoms with Gasteiger partial charge in [-0.15, -0.1) is 0 Å². The van der Waals surface area contributed by atoms with E-state index < -0.39 is 0 Å². The van der Waals surface area contributed by atoms with E-state index in [-0.39, 0.29) is 17.9 Å². The van der Waals surface area contributed by atoms with Crippen molar-refractivity contribution >= 4 is 29.1 Å². The summed E-state index contributed by atoms with van der Waals surface area (Å²) in [7, 11) is 0. The summed E-state index contributed by atoms with van der Waals surface area (Å²) >= 11 is 12.2. The Hall–Kier alpha value is -2.07. The second-order valence-corrected chi connectivity index (χ2v) is 8.89. The van der Waals surface area contributed by atoms with Gasteiger partial charge in [0.05, 0.1) is 33.9 Å². The van der Waals surface area contributed by atoms with Crippen LogP contribution in [-0.2, 0) is 11.2 Å². The first-order chi connectivity index (χ1) is 14.2. The number of aromatic nitrogens is 2. The first kappa shape index (κ1) is 22.6. The third-order valence-electron chi connectivity index (χ3n) is 5.74. The lowest BCUT2D eigenvalue weighted by atomic mass is 10.0. The average molecular weight is 448 g/mol. The van der Waals surface area contributed by atoms with Gasteiger partial charge in [-0.2, -0.15) is 10.4 Å². The Morgan fingerprint density at radius 3 is 2.40 bits per heavy atom. The quantitative estimate of drug-likeness (QED) is 0.693. The summed E-state index contributed by atoms with van der Waals surface area (Å²) in [5, 5.41) is 15.0. The van der Waals surface area contributed by atoms with Crippen LogP contribution in [0, 0.1) is 31.1 Å². The minimum atomic E-state index is -0.101. The number of nitrogens with zero attached hydrogens (tertiary/aromatic N) is 5. The monoisotopic (exact) mass is 447 g/mol. The Morgan fingerprint density at radius 1 is 1.17 bits per heavy atom. The summed E-state index contributed by atoms with van der Waals surface area (Å²) < 4.78 is 1.80. The number of carbonyl (C=O) groups excluding carboxylic acids is 1. The molecule has 1 aliphatic heterocycles. The van der Waals surface area contributed by atoms with Crippen LogP contribution < -0.4 is 0 Å². The van der Waals surface area contributed by atoms with Crippen molar-refractivity contribution in [1.82, 2.24) is 19.6 Å². The summed E-state index contributed by atoms with van der Waals surface area (Å²) in [6.45, 7) is 10.7. The van der Waals surface area contributed by atoms with Crippen molar-refractivity contribution in [2.24, 2.45) is 5.92 Å². The molecule has 1 aromatic carbocycles. The smallest absolute Gasteiger partial charge is 0.227 e. The maximum atomic E-state index is 13.0. The number of rotatable bonds is 5. The molecule has 6 nitrogen and oxygen atoms in total. The maximum absolute atomic E-state index is 13.0. The molecule has 1 fully saturated rings. The van der Waals surface area contributed by atoms with Crippen LogP contribution in [0.2, 0.25) is 10.0 Å². The van der Waals surface area contributed by atoms with Crippen molar-refractivity contribution < 1.29 is 4.79 Å². The van der Waals surface area contributed by atoms with Crippen LogP contribution in [0.15, 0.2) is 18.2 Å². The highest BCUT2D eigenvalue weighted by Crippen LogP contribution is 2.26. The minimum Gasteiger partial charge on any atom is -0.340 e. The number of nitriles is 1.